The molecule has 0 fully saturated rings. The molecule has 1 aromatic carbocycles. The summed E-state index contributed by atoms with van der Waals surface area (Å²) >= 11 is 0.994. The Bertz CT molecular complexity index is 754. The highest BCUT2D eigenvalue weighted by Crippen LogP contribution is 2.39. The molecule has 1 heterocycles. The predicted octanol–water partition coefficient (Wildman–Crippen LogP) is 2.16. The van der Waals surface area contributed by atoms with Gasteiger partial charge in [-0.05, 0) is 6.07 Å². The Morgan fingerprint density at radius 3 is 2.52 bits per heavy atom. The van der Waals surface area contributed by atoms with Crippen LogP contribution < -0.4 is 9.47 Å². The molecule has 0 amide bonds. The number of Topliss-reactive ketones (excluding diaryl/α,β-unsaturated/α-hetero) is 1. The fraction of sp³-hybridized carbons (Fsp3) is 0.333. The molecular formula is C15H15FO6S. The number of aliphatic hydroxyl groups is 1. The number of hydrogen-bond donors (Lipinski definition) is 1. The molecule has 1 N–H and O–H groups in total. The summed E-state index contributed by atoms with van der Waals surface area (Å²) in [5, 5.41) is 9.96. The van der Waals surface area contributed by atoms with Gasteiger partial charge in [-0.3, -0.25) is 9.59 Å². The summed E-state index contributed by atoms with van der Waals surface area (Å²) in [6, 6.07) is 2.87. The van der Waals surface area contributed by atoms with Crippen molar-refractivity contribution in [2.75, 3.05) is 21.3 Å². The minimum atomic E-state index is -1.54. The monoisotopic (exact) mass is 342 g/mol. The Labute approximate surface area is 135 Å². The number of carbonyl (C=O) groups is 2. The maximum absolute atomic E-state index is 14.4. The standard InChI is InChI=1S/C15H15FO6S/c1-20-9-6-10-7(13(16)15(9)22-3)4-11(23-10)14(19)8(17)5-12(18)21-2/h4,6,8,17H,5H2,1-3H3/t8-/m0/s1. The van der Waals surface area contributed by atoms with Crippen LogP contribution >= 0.6 is 11.3 Å². The van der Waals surface area contributed by atoms with E-state index in [1.54, 1.807) is 6.07 Å². The fourth-order valence-corrected chi connectivity index (χ4v) is 3.14. The third kappa shape index (κ3) is 3.27. The molecule has 1 aromatic heterocycles. The molecule has 0 saturated heterocycles. The van der Waals surface area contributed by atoms with Gasteiger partial charge < -0.3 is 19.3 Å². The van der Waals surface area contributed by atoms with Crippen LogP contribution in [0.15, 0.2) is 12.1 Å². The van der Waals surface area contributed by atoms with Gasteiger partial charge >= 0.3 is 5.97 Å². The fourth-order valence-electron chi connectivity index (χ4n) is 2.06. The minimum Gasteiger partial charge on any atom is -0.493 e. The van der Waals surface area contributed by atoms with E-state index in [1.807, 2.05) is 0 Å². The summed E-state index contributed by atoms with van der Waals surface area (Å²) in [6.45, 7) is 0. The van der Waals surface area contributed by atoms with Crippen molar-refractivity contribution in [3.63, 3.8) is 0 Å². The van der Waals surface area contributed by atoms with E-state index in [4.69, 9.17) is 9.47 Å². The first kappa shape index (κ1) is 17.2. The minimum absolute atomic E-state index is 0.0630. The van der Waals surface area contributed by atoms with Crippen LogP contribution in [0.5, 0.6) is 11.5 Å². The molecule has 0 saturated carbocycles. The molecule has 0 unspecified atom stereocenters. The van der Waals surface area contributed by atoms with Gasteiger partial charge in [-0.2, -0.15) is 0 Å². The van der Waals surface area contributed by atoms with Crippen LogP contribution in [-0.4, -0.2) is 44.3 Å². The van der Waals surface area contributed by atoms with Crippen LogP contribution in [0.4, 0.5) is 4.39 Å². The Balaban J connectivity index is 2.42. The molecule has 2 aromatic rings. The third-order valence-corrected chi connectivity index (χ3v) is 4.34. The van der Waals surface area contributed by atoms with Crippen molar-refractivity contribution in [2.45, 2.75) is 12.5 Å². The lowest BCUT2D eigenvalue weighted by molar-refractivity contribution is -0.142. The van der Waals surface area contributed by atoms with Crippen molar-refractivity contribution >= 4 is 33.2 Å². The number of fused-ring (bicyclic) bond motifs is 1. The van der Waals surface area contributed by atoms with Gasteiger partial charge in [-0.1, -0.05) is 0 Å². The van der Waals surface area contributed by atoms with Crippen LogP contribution in [0.2, 0.25) is 0 Å². The number of hydrogen-bond acceptors (Lipinski definition) is 7. The highest BCUT2D eigenvalue weighted by atomic mass is 32.1. The summed E-state index contributed by atoms with van der Waals surface area (Å²) < 4.78 is 29.3. The number of thiophene rings is 1. The lowest BCUT2D eigenvalue weighted by atomic mass is 10.1. The zero-order chi connectivity index (χ0) is 17.1. The number of benzene rings is 1. The summed E-state index contributed by atoms with van der Waals surface area (Å²) in [5.41, 5.74) is 0. The molecule has 6 nitrogen and oxygen atoms in total. The maximum Gasteiger partial charge on any atom is 0.308 e. The van der Waals surface area contributed by atoms with Gasteiger partial charge in [0.05, 0.1) is 32.6 Å². The highest BCUT2D eigenvalue weighted by Gasteiger charge is 2.25. The van der Waals surface area contributed by atoms with Gasteiger partial charge in [0, 0.05) is 16.2 Å². The van der Waals surface area contributed by atoms with Gasteiger partial charge in [-0.25, -0.2) is 4.39 Å². The van der Waals surface area contributed by atoms with Crippen LogP contribution in [0.3, 0.4) is 0 Å². The second kappa shape index (κ2) is 6.93. The Morgan fingerprint density at radius 2 is 1.96 bits per heavy atom. The largest absolute Gasteiger partial charge is 0.493 e. The lowest BCUT2D eigenvalue weighted by Gasteiger charge is -2.08. The third-order valence-electron chi connectivity index (χ3n) is 3.24. The Kier molecular flexibility index (Phi) is 5.17. The number of aliphatic hydroxyl groups excluding tert-OH is 1. The van der Waals surface area contributed by atoms with E-state index in [2.05, 4.69) is 4.74 Å². The molecular weight excluding hydrogens is 327 g/mol. The average molecular weight is 342 g/mol. The molecule has 0 aliphatic rings. The van der Waals surface area contributed by atoms with Gasteiger partial charge in [0.25, 0.3) is 0 Å². The molecule has 0 radical (unpaired) electrons. The maximum atomic E-state index is 14.4. The van der Waals surface area contributed by atoms with E-state index in [0.717, 1.165) is 18.4 Å². The predicted molar refractivity (Wildman–Crippen MR) is 81.9 cm³/mol. The van der Waals surface area contributed by atoms with E-state index in [0.29, 0.717) is 4.70 Å². The quantitative estimate of drug-likeness (QED) is 0.640. The molecule has 0 aliphatic carbocycles. The number of rotatable bonds is 6. The molecule has 0 bridgehead atoms. The molecule has 23 heavy (non-hydrogen) atoms. The highest BCUT2D eigenvalue weighted by molar-refractivity contribution is 7.20. The normalized spacial score (nSPS) is 12.0. The topological polar surface area (TPSA) is 82.1 Å². The Hall–Kier alpha value is -2.19. The molecule has 2 rings (SSSR count). The first-order valence-electron chi connectivity index (χ1n) is 6.56. The van der Waals surface area contributed by atoms with Gasteiger partial charge in [0.2, 0.25) is 5.78 Å². The molecule has 8 heteroatoms. The first-order chi connectivity index (χ1) is 10.9. The average Bonchev–Trinajstić information content (AvgIpc) is 2.97. The Morgan fingerprint density at radius 1 is 1.26 bits per heavy atom. The van der Waals surface area contributed by atoms with Crippen molar-refractivity contribution in [1.29, 1.82) is 0 Å². The summed E-state index contributed by atoms with van der Waals surface area (Å²) in [4.78, 5) is 23.4. The zero-order valence-electron chi connectivity index (χ0n) is 12.7. The zero-order valence-corrected chi connectivity index (χ0v) is 13.5. The number of ether oxygens (including phenoxy) is 3. The first-order valence-corrected chi connectivity index (χ1v) is 7.37. The van der Waals surface area contributed by atoms with E-state index in [-0.39, 0.29) is 21.8 Å². The van der Waals surface area contributed by atoms with Gasteiger partial charge in [0.1, 0.15) is 6.10 Å². The van der Waals surface area contributed by atoms with Crippen LogP contribution in [-0.2, 0) is 9.53 Å². The van der Waals surface area contributed by atoms with Crippen molar-refractivity contribution in [3.05, 3.63) is 22.8 Å². The number of esters is 1. The van der Waals surface area contributed by atoms with E-state index in [9.17, 15) is 19.1 Å². The van der Waals surface area contributed by atoms with Crippen LogP contribution in [0.25, 0.3) is 10.1 Å². The number of carbonyl (C=O) groups excluding carboxylic acids is 2. The van der Waals surface area contributed by atoms with E-state index in [1.165, 1.54) is 20.3 Å². The van der Waals surface area contributed by atoms with Crippen molar-refractivity contribution < 1.29 is 33.3 Å². The second-order valence-electron chi connectivity index (χ2n) is 4.61. The molecule has 0 aliphatic heterocycles. The number of halogens is 1. The second-order valence-corrected chi connectivity index (χ2v) is 5.69. The van der Waals surface area contributed by atoms with Crippen molar-refractivity contribution in [3.8, 4) is 11.5 Å². The van der Waals surface area contributed by atoms with Gasteiger partial charge in [-0.15, -0.1) is 11.3 Å². The smallest absolute Gasteiger partial charge is 0.308 e. The van der Waals surface area contributed by atoms with E-state index < -0.39 is 30.1 Å². The van der Waals surface area contributed by atoms with Crippen molar-refractivity contribution in [1.82, 2.24) is 0 Å². The van der Waals surface area contributed by atoms with E-state index >= 15 is 0 Å². The summed E-state index contributed by atoms with van der Waals surface area (Å²) in [6.07, 6.45) is -2.00. The SMILES string of the molecule is COC(=O)C[C@H](O)C(=O)c1cc2c(F)c(OC)c(OC)cc2s1. The molecule has 124 valence electrons. The van der Waals surface area contributed by atoms with Crippen LogP contribution in [0.1, 0.15) is 16.1 Å². The van der Waals surface area contributed by atoms with Crippen LogP contribution in [0, 0.1) is 5.82 Å². The molecule has 1 atom stereocenters. The molecule has 0 spiro atoms. The summed E-state index contributed by atoms with van der Waals surface area (Å²) in [5.74, 6) is -1.89. The van der Waals surface area contributed by atoms with Crippen molar-refractivity contribution in [2.24, 2.45) is 0 Å². The van der Waals surface area contributed by atoms with Gasteiger partial charge in [0.15, 0.2) is 17.3 Å². The lowest BCUT2D eigenvalue weighted by Crippen LogP contribution is -2.23. The number of methoxy groups -OCH3 is 3. The summed E-state index contributed by atoms with van der Waals surface area (Å²) in [7, 11) is 3.85. The number of ketones is 1.